The van der Waals surface area contributed by atoms with Gasteiger partial charge in [0.15, 0.2) is 0 Å². The fourth-order valence-corrected chi connectivity index (χ4v) is 1.63. The van der Waals surface area contributed by atoms with Gasteiger partial charge in [-0.05, 0) is 38.8 Å². The Kier molecular flexibility index (Phi) is 3.66. The lowest BCUT2D eigenvalue weighted by Crippen LogP contribution is -2.32. The lowest BCUT2D eigenvalue weighted by atomic mass is 10.0. The molecule has 0 atom stereocenters. The minimum Gasteiger partial charge on any atom is -0.339 e. The van der Waals surface area contributed by atoms with E-state index in [9.17, 15) is 4.39 Å². The maximum absolute atomic E-state index is 13.5. The molecule has 2 rings (SSSR count). The van der Waals surface area contributed by atoms with Crippen LogP contribution in [0.25, 0.3) is 11.4 Å². The number of halogens is 1. The first-order chi connectivity index (χ1) is 8.85. The van der Waals surface area contributed by atoms with Crippen molar-refractivity contribution in [3.63, 3.8) is 0 Å². The molecular weight excluding hydrogens is 245 g/mol. The SMILES string of the molecule is Cc1ccc(-c2noc(CCC(C)(C)N)n2)cc1F. The fraction of sp³-hybridized carbons (Fsp3) is 0.429. The number of nitrogens with zero attached hydrogens (tertiary/aromatic N) is 2. The van der Waals surface area contributed by atoms with Crippen molar-refractivity contribution >= 4 is 0 Å². The number of nitrogens with two attached hydrogens (primary N) is 1. The Morgan fingerprint density at radius 3 is 2.74 bits per heavy atom. The van der Waals surface area contributed by atoms with E-state index in [0.29, 0.717) is 29.3 Å². The lowest BCUT2D eigenvalue weighted by Gasteiger charge is -2.16. The van der Waals surface area contributed by atoms with Gasteiger partial charge in [0.05, 0.1) is 0 Å². The molecule has 1 heterocycles. The van der Waals surface area contributed by atoms with Crippen molar-refractivity contribution in [2.45, 2.75) is 39.2 Å². The highest BCUT2D eigenvalue weighted by Gasteiger charge is 2.15. The second-order valence-corrected chi connectivity index (χ2v) is 5.46. The van der Waals surface area contributed by atoms with Crippen LogP contribution in [0.1, 0.15) is 31.7 Å². The highest BCUT2D eigenvalue weighted by molar-refractivity contribution is 5.54. The van der Waals surface area contributed by atoms with Gasteiger partial charge in [-0.1, -0.05) is 17.3 Å². The molecule has 1 aromatic heterocycles. The van der Waals surface area contributed by atoms with Gasteiger partial charge in [0.1, 0.15) is 5.82 Å². The van der Waals surface area contributed by atoms with Crippen molar-refractivity contribution in [2.24, 2.45) is 5.73 Å². The molecule has 2 N–H and O–H groups in total. The third-order valence-electron chi connectivity index (χ3n) is 2.88. The van der Waals surface area contributed by atoms with Gasteiger partial charge in [0.2, 0.25) is 11.7 Å². The van der Waals surface area contributed by atoms with Crippen LogP contribution >= 0.6 is 0 Å². The first-order valence-electron chi connectivity index (χ1n) is 6.23. The van der Waals surface area contributed by atoms with Gasteiger partial charge in [0.25, 0.3) is 0 Å². The summed E-state index contributed by atoms with van der Waals surface area (Å²) in [6, 6.07) is 4.89. The number of hydrogen-bond donors (Lipinski definition) is 1. The van der Waals surface area contributed by atoms with E-state index in [-0.39, 0.29) is 11.4 Å². The Morgan fingerprint density at radius 1 is 1.37 bits per heavy atom. The molecule has 0 aliphatic heterocycles. The van der Waals surface area contributed by atoms with Gasteiger partial charge in [-0.3, -0.25) is 0 Å². The van der Waals surface area contributed by atoms with Crippen LogP contribution < -0.4 is 5.73 Å². The zero-order valence-electron chi connectivity index (χ0n) is 11.4. The Hall–Kier alpha value is -1.75. The quantitative estimate of drug-likeness (QED) is 0.921. The topological polar surface area (TPSA) is 64.9 Å². The normalized spacial score (nSPS) is 11.8. The highest BCUT2D eigenvalue weighted by Crippen LogP contribution is 2.20. The van der Waals surface area contributed by atoms with Crippen LogP contribution in [0.2, 0.25) is 0 Å². The number of hydrogen-bond acceptors (Lipinski definition) is 4. The van der Waals surface area contributed by atoms with Gasteiger partial charge in [-0.15, -0.1) is 0 Å². The van der Waals surface area contributed by atoms with E-state index in [2.05, 4.69) is 10.1 Å². The largest absolute Gasteiger partial charge is 0.339 e. The van der Waals surface area contributed by atoms with Gasteiger partial charge in [-0.2, -0.15) is 4.98 Å². The van der Waals surface area contributed by atoms with Crippen LogP contribution in [0, 0.1) is 12.7 Å². The molecule has 2 aromatic rings. The second kappa shape index (κ2) is 5.09. The van der Waals surface area contributed by atoms with Crippen molar-refractivity contribution in [2.75, 3.05) is 0 Å². The Morgan fingerprint density at radius 2 is 2.11 bits per heavy atom. The summed E-state index contributed by atoms with van der Waals surface area (Å²) in [5.74, 6) is 0.658. The van der Waals surface area contributed by atoms with Crippen molar-refractivity contribution in [1.82, 2.24) is 10.1 Å². The molecule has 0 saturated carbocycles. The third-order valence-corrected chi connectivity index (χ3v) is 2.88. The van der Waals surface area contributed by atoms with E-state index >= 15 is 0 Å². The molecular formula is C14H18FN3O. The fourth-order valence-electron chi connectivity index (χ4n) is 1.63. The standard InChI is InChI=1S/C14H18FN3O/c1-9-4-5-10(8-11(9)15)13-17-12(19-18-13)6-7-14(2,3)16/h4-5,8H,6-7,16H2,1-3H3. The summed E-state index contributed by atoms with van der Waals surface area (Å²) in [6.45, 7) is 5.60. The predicted octanol–water partition coefficient (Wildman–Crippen LogP) is 2.85. The third kappa shape index (κ3) is 3.61. The van der Waals surface area contributed by atoms with Crippen LogP contribution in [0.3, 0.4) is 0 Å². The summed E-state index contributed by atoms with van der Waals surface area (Å²) in [4.78, 5) is 4.25. The molecule has 5 heteroatoms. The van der Waals surface area contributed by atoms with Gasteiger partial charge in [0, 0.05) is 17.5 Å². The van der Waals surface area contributed by atoms with Gasteiger partial charge < -0.3 is 10.3 Å². The minimum absolute atomic E-state index is 0.271. The summed E-state index contributed by atoms with van der Waals surface area (Å²) >= 11 is 0. The van der Waals surface area contributed by atoms with Crippen LogP contribution in [-0.4, -0.2) is 15.7 Å². The van der Waals surface area contributed by atoms with Crippen molar-refractivity contribution in [3.8, 4) is 11.4 Å². The molecule has 1 aromatic carbocycles. The molecule has 0 fully saturated rings. The predicted molar refractivity (Wildman–Crippen MR) is 71.0 cm³/mol. The summed E-state index contributed by atoms with van der Waals surface area (Å²) in [6.07, 6.45) is 1.36. The first-order valence-corrected chi connectivity index (χ1v) is 6.23. The summed E-state index contributed by atoms with van der Waals surface area (Å²) in [7, 11) is 0. The average Bonchev–Trinajstić information content (AvgIpc) is 2.78. The maximum atomic E-state index is 13.5. The lowest BCUT2D eigenvalue weighted by molar-refractivity contribution is 0.358. The Balaban J connectivity index is 2.14. The summed E-state index contributed by atoms with van der Waals surface area (Å²) in [5, 5.41) is 3.86. The zero-order valence-corrected chi connectivity index (χ0v) is 11.4. The van der Waals surface area contributed by atoms with E-state index in [1.54, 1.807) is 19.1 Å². The molecule has 0 spiro atoms. The highest BCUT2D eigenvalue weighted by atomic mass is 19.1. The second-order valence-electron chi connectivity index (χ2n) is 5.46. The zero-order chi connectivity index (χ0) is 14.0. The van der Waals surface area contributed by atoms with Gasteiger partial charge >= 0.3 is 0 Å². The van der Waals surface area contributed by atoms with Crippen molar-refractivity contribution in [3.05, 3.63) is 35.5 Å². The number of aromatic nitrogens is 2. The van der Waals surface area contributed by atoms with Crippen LogP contribution in [0.5, 0.6) is 0 Å². The number of aryl methyl sites for hydroxylation is 2. The van der Waals surface area contributed by atoms with E-state index < -0.39 is 0 Å². The maximum Gasteiger partial charge on any atom is 0.227 e. The molecule has 0 bridgehead atoms. The van der Waals surface area contributed by atoms with E-state index in [0.717, 1.165) is 6.42 Å². The summed E-state index contributed by atoms with van der Waals surface area (Å²) < 4.78 is 18.6. The molecule has 19 heavy (non-hydrogen) atoms. The molecule has 0 aliphatic rings. The number of rotatable bonds is 4. The van der Waals surface area contributed by atoms with E-state index in [4.69, 9.17) is 10.3 Å². The van der Waals surface area contributed by atoms with Gasteiger partial charge in [-0.25, -0.2) is 4.39 Å². The van der Waals surface area contributed by atoms with Crippen molar-refractivity contribution in [1.29, 1.82) is 0 Å². The first kappa shape index (κ1) is 13.7. The molecule has 102 valence electrons. The van der Waals surface area contributed by atoms with Crippen LogP contribution in [0.4, 0.5) is 4.39 Å². The molecule has 0 saturated heterocycles. The molecule has 0 aliphatic carbocycles. The molecule has 4 nitrogen and oxygen atoms in total. The molecule has 0 unspecified atom stereocenters. The number of benzene rings is 1. The van der Waals surface area contributed by atoms with E-state index in [1.807, 2.05) is 13.8 Å². The van der Waals surface area contributed by atoms with Crippen LogP contribution in [-0.2, 0) is 6.42 Å². The smallest absolute Gasteiger partial charge is 0.227 e. The molecule has 0 radical (unpaired) electrons. The Labute approximate surface area is 111 Å². The summed E-state index contributed by atoms with van der Waals surface area (Å²) in [5.41, 5.74) is 6.84. The van der Waals surface area contributed by atoms with Crippen LogP contribution in [0.15, 0.2) is 22.7 Å². The molecule has 0 amide bonds. The minimum atomic E-state index is -0.273. The van der Waals surface area contributed by atoms with Crippen molar-refractivity contribution < 1.29 is 8.91 Å². The Bertz CT molecular complexity index is 572. The van der Waals surface area contributed by atoms with E-state index in [1.165, 1.54) is 6.07 Å². The average molecular weight is 263 g/mol. The monoisotopic (exact) mass is 263 g/mol.